The summed E-state index contributed by atoms with van der Waals surface area (Å²) in [4.78, 5) is 37.2. The number of carbonyl (C=O) groups is 3. The van der Waals surface area contributed by atoms with Crippen LogP contribution in [-0.2, 0) is 4.79 Å². The lowest BCUT2D eigenvalue weighted by Gasteiger charge is -2.29. The molecule has 0 unspecified atom stereocenters. The first-order chi connectivity index (χ1) is 12.2. The molecule has 0 radical (unpaired) electrons. The molecule has 0 saturated heterocycles. The van der Waals surface area contributed by atoms with Crippen LogP contribution in [0, 0.1) is 5.41 Å². The standard InChI is InChI=1S/C22H20O3/c1-2-15-22(16-9-10-17-23,20(24)18-11-5-3-6-12-18)21(25)19-13-7-4-8-14-19/h2-14,17H,1,15-16H2/b10-9+. The van der Waals surface area contributed by atoms with Gasteiger partial charge in [0.2, 0.25) is 0 Å². The number of allylic oxidation sites excluding steroid dienone is 3. The highest BCUT2D eigenvalue weighted by molar-refractivity contribution is 6.20. The Hall–Kier alpha value is -3.07. The maximum atomic E-state index is 13.3. The lowest BCUT2D eigenvalue weighted by molar-refractivity contribution is -0.104. The molecule has 2 aromatic carbocycles. The van der Waals surface area contributed by atoms with Crippen LogP contribution in [0.4, 0.5) is 0 Å². The number of carbonyl (C=O) groups excluding carboxylic acids is 3. The largest absolute Gasteiger partial charge is 0.299 e. The van der Waals surface area contributed by atoms with E-state index in [4.69, 9.17) is 0 Å². The normalized spacial score (nSPS) is 11.2. The molecule has 126 valence electrons. The fraction of sp³-hybridized carbons (Fsp3) is 0.136. The van der Waals surface area contributed by atoms with Gasteiger partial charge in [0.05, 0.1) is 0 Å². The van der Waals surface area contributed by atoms with E-state index in [1.807, 2.05) is 12.1 Å². The van der Waals surface area contributed by atoms with Crippen molar-refractivity contribution in [1.82, 2.24) is 0 Å². The van der Waals surface area contributed by atoms with Gasteiger partial charge in [-0.1, -0.05) is 72.8 Å². The van der Waals surface area contributed by atoms with Crippen LogP contribution in [0.2, 0.25) is 0 Å². The summed E-state index contributed by atoms with van der Waals surface area (Å²) in [6.07, 6.45) is 5.43. The first-order valence-electron chi connectivity index (χ1n) is 8.06. The van der Waals surface area contributed by atoms with Crippen LogP contribution in [0.1, 0.15) is 33.6 Å². The van der Waals surface area contributed by atoms with Gasteiger partial charge in [0.25, 0.3) is 0 Å². The highest BCUT2D eigenvalue weighted by Crippen LogP contribution is 2.36. The topological polar surface area (TPSA) is 51.2 Å². The highest BCUT2D eigenvalue weighted by atomic mass is 16.2. The van der Waals surface area contributed by atoms with E-state index in [1.165, 1.54) is 6.08 Å². The lowest BCUT2D eigenvalue weighted by atomic mass is 9.69. The van der Waals surface area contributed by atoms with Gasteiger partial charge in [-0.2, -0.15) is 0 Å². The molecule has 0 aliphatic carbocycles. The molecule has 0 aromatic heterocycles. The molecule has 0 atom stereocenters. The third-order valence-electron chi connectivity index (χ3n) is 4.12. The summed E-state index contributed by atoms with van der Waals surface area (Å²) >= 11 is 0. The average molecular weight is 332 g/mol. The van der Waals surface area contributed by atoms with E-state index in [9.17, 15) is 14.4 Å². The molecular formula is C22H20O3. The second kappa shape index (κ2) is 8.69. The van der Waals surface area contributed by atoms with Gasteiger partial charge in [0.15, 0.2) is 11.6 Å². The zero-order chi connectivity index (χ0) is 18.1. The third-order valence-corrected chi connectivity index (χ3v) is 4.12. The Kier molecular flexibility index (Phi) is 6.35. The molecular weight excluding hydrogens is 312 g/mol. The van der Waals surface area contributed by atoms with Crippen molar-refractivity contribution in [2.24, 2.45) is 5.41 Å². The quantitative estimate of drug-likeness (QED) is 0.224. The number of ketones is 2. The molecule has 0 N–H and O–H groups in total. The van der Waals surface area contributed by atoms with Crippen molar-refractivity contribution in [3.05, 3.63) is 96.6 Å². The molecule has 0 aliphatic rings. The van der Waals surface area contributed by atoms with Gasteiger partial charge >= 0.3 is 0 Å². The second-order valence-corrected chi connectivity index (χ2v) is 5.73. The molecule has 0 saturated carbocycles. The maximum absolute atomic E-state index is 13.3. The van der Waals surface area contributed by atoms with Gasteiger partial charge in [-0.3, -0.25) is 14.4 Å². The van der Waals surface area contributed by atoms with Crippen LogP contribution in [0.25, 0.3) is 0 Å². The maximum Gasteiger partial charge on any atom is 0.177 e. The molecule has 3 nitrogen and oxygen atoms in total. The SMILES string of the molecule is C=CCC(C/C=C/C=O)(C(=O)c1ccccc1)C(=O)c1ccccc1. The van der Waals surface area contributed by atoms with Crippen molar-refractivity contribution in [2.45, 2.75) is 12.8 Å². The number of hydrogen-bond donors (Lipinski definition) is 0. The minimum Gasteiger partial charge on any atom is -0.299 e. The molecule has 3 heteroatoms. The van der Waals surface area contributed by atoms with E-state index in [0.29, 0.717) is 17.4 Å². The van der Waals surface area contributed by atoms with Gasteiger partial charge in [0, 0.05) is 11.1 Å². The van der Waals surface area contributed by atoms with Crippen molar-refractivity contribution >= 4 is 17.9 Å². The van der Waals surface area contributed by atoms with E-state index < -0.39 is 5.41 Å². The Balaban J connectivity index is 2.56. The predicted molar refractivity (Wildman–Crippen MR) is 98.6 cm³/mol. The van der Waals surface area contributed by atoms with Gasteiger partial charge in [-0.05, 0) is 18.9 Å². The van der Waals surface area contributed by atoms with Crippen LogP contribution < -0.4 is 0 Å². The Bertz CT molecular complexity index is 722. The van der Waals surface area contributed by atoms with Crippen molar-refractivity contribution in [1.29, 1.82) is 0 Å². The van der Waals surface area contributed by atoms with E-state index >= 15 is 0 Å². The van der Waals surface area contributed by atoms with Crippen LogP contribution in [0.15, 0.2) is 85.5 Å². The van der Waals surface area contributed by atoms with Gasteiger partial charge < -0.3 is 0 Å². The summed E-state index contributed by atoms with van der Waals surface area (Å²) in [7, 11) is 0. The minimum atomic E-state index is -1.32. The number of hydrogen-bond acceptors (Lipinski definition) is 3. The number of aldehydes is 1. The molecule has 2 aromatic rings. The Labute approximate surface area is 147 Å². The van der Waals surface area contributed by atoms with Crippen molar-refractivity contribution in [3.63, 3.8) is 0 Å². The minimum absolute atomic E-state index is 0.138. The van der Waals surface area contributed by atoms with Crippen LogP contribution in [0.3, 0.4) is 0 Å². The van der Waals surface area contributed by atoms with E-state index in [2.05, 4.69) is 6.58 Å². The van der Waals surface area contributed by atoms with Crippen molar-refractivity contribution in [2.75, 3.05) is 0 Å². The molecule has 2 rings (SSSR count). The second-order valence-electron chi connectivity index (χ2n) is 5.73. The molecule has 0 bridgehead atoms. The molecule has 0 fully saturated rings. The summed E-state index contributed by atoms with van der Waals surface area (Å²) in [5.74, 6) is -0.533. The van der Waals surface area contributed by atoms with Crippen molar-refractivity contribution in [3.8, 4) is 0 Å². The highest BCUT2D eigenvalue weighted by Gasteiger charge is 2.44. The zero-order valence-corrected chi connectivity index (χ0v) is 13.9. The Morgan fingerprint density at radius 2 is 1.32 bits per heavy atom. The van der Waals surface area contributed by atoms with Crippen LogP contribution in [-0.4, -0.2) is 17.9 Å². The van der Waals surface area contributed by atoms with Crippen LogP contribution in [0.5, 0.6) is 0 Å². The average Bonchev–Trinajstić information content (AvgIpc) is 2.67. The number of benzene rings is 2. The third kappa shape index (κ3) is 4.07. The van der Waals surface area contributed by atoms with E-state index in [0.717, 1.165) is 0 Å². The molecule has 25 heavy (non-hydrogen) atoms. The molecule has 0 heterocycles. The Morgan fingerprint density at radius 3 is 1.72 bits per heavy atom. The fourth-order valence-corrected chi connectivity index (χ4v) is 2.86. The smallest absolute Gasteiger partial charge is 0.177 e. The van der Waals surface area contributed by atoms with E-state index in [1.54, 1.807) is 60.7 Å². The number of rotatable bonds is 9. The summed E-state index contributed by atoms with van der Waals surface area (Å²) < 4.78 is 0. The Morgan fingerprint density at radius 1 is 0.840 bits per heavy atom. The van der Waals surface area contributed by atoms with E-state index in [-0.39, 0.29) is 24.4 Å². The van der Waals surface area contributed by atoms with Gasteiger partial charge in [0.1, 0.15) is 11.7 Å². The molecule has 0 aliphatic heterocycles. The van der Waals surface area contributed by atoms with Gasteiger partial charge in [-0.15, -0.1) is 6.58 Å². The predicted octanol–water partition coefficient (Wildman–Crippen LogP) is 4.46. The molecule has 0 spiro atoms. The zero-order valence-electron chi connectivity index (χ0n) is 13.9. The first kappa shape index (κ1) is 18.3. The lowest BCUT2D eigenvalue weighted by Crippen LogP contribution is -2.39. The summed E-state index contributed by atoms with van der Waals surface area (Å²) in [5, 5.41) is 0. The summed E-state index contributed by atoms with van der Waals surface area (Å²) in [6, 6.07) is 17.5. The molecule has 0 amide bonds. The van der Waals surface area contributed by atoms with Gasteiger partial charge in [-0.25, -0.2) is 0 Å². The first-order valence-corrected chi connectivity index (χ1v) is 8.06. The summed E-state index contributed by atoms with van der Waals surface area (Å²) in [5.41, 5.74) is -0.384. The summed E-state index contributed by atoms with van der Waals surface area (Å²) in [6.45, 7) is 3.73. The monoisotopic (exact) mass is 332 g/mol. The van der Waals surface area contributed by atoms with Crippen molar-refractivity contribution < 1.29 is 14.4 Å². The fourth-order valence-electron chi connectivity index (χ4n) is 2.86. The van der Waals surface area contributed by atoms with Crippen LogP contribution >= 0.6 is 0 Å². The number of Topliss-reactive ketones (excluding diaryl/α,β-unsaturated/α-hetero) is 2.